The van der Waals surface area contributed by atoms with Crippen molar-refractivity contribution >= 4 is 17.4 Å². The predicted molar refractivity (Wildman–Crippen MR) is 61.1 cm³/mol. The molecule has 0 fully saturated rings. The number of halogens is 1. The summed E-state index contributed by atoms with van der Waals surface area (Å²) in [4.78, 5) is 7.97. The number of anilines is 1. The summed E-state index contributed by atoms with van der Waals surface area (Å²) in [6.45, 7) is 2.02. The van der Waals surface area contributed by atoms with Gasteiger partial charge in [-0.15, -0.1) is 5.10 Å². The van der Waals surface area contributed by atoms with Crippen LogP contribution in [-0.4, -0.2) is 20.2 Å². The van der Waals surface area contributed by atoms with Crippen LogP contribution in [0, 0.1) is 0 Å². The average molecular weight is 236 g/mol. The third-order valence-electron chi connectivity index (χ3n) is 2.10. The van der Waals surface area contributed by atoms with Crippen LogP contribution in [0.15, 0.2) is 30.7 Å². The van der Waals surface area contributed by atoms with Crippen molar-refractivity contribution in [2.24, 2.45) is 0 Å². The van der Waals surface area contributed by atoms with E-state index in [1.807, 2.05) is 19.1 Å². The minimum atomic E-state index is 0.107. The van der Waals surface area contributed by atoms with Gasteiger partial charge in [-0.25, -0.2) is 0 Å². The highest BCUT2D eigenvalue weighted by atomic mass is 35.5. The highest BCUT2D eigenvalue weighted by molar-refractivity contribution is 6.28. The smallest absolute Gasteiger partial charge is 0.244 e. The van der Waals surface area contributed by atoms with Gasteiger partial charge in [-0.3, -0.25) is 4.98 Å². The zero-order valence-corrected chi connectivity index (χ0v) is 9.39. The molecule has 2 heterocycles. The van der Waals surface area contributed by atoms with Crippen molar-refractivity contribution in [2.75, 3.05) is 5.32 Å². The second-order valence-corrected chi connectivity index (χ2v) is 3.60. The first-order valence-corrected chi connectivity index (χ1v) is 5.15. The van der Waals surface area contributed by atoms with Gasteiger partial charge in [0.2, 0.25) is 5.28 Å². The first-order chi connectivity index (χ1) is 7.75. The van der Waals surface area contributed by atoms with Gasteiger partial charge < -0.3 is 5.32 Å². The summed E-state index contributed by atoms with van der Waals surface area (Å²) in [5, 5.41) is 10.6. The fraction of sp³-hybridized carbons (Fsp3) is 0.200. The quantitative estimate of drug-likeness (QED) is 0.883. The van der Waals surface area contributed by atoms with E-state index in [0.29, 0.717) is 5.82 Å². The van der Waals surface area contributed by atoms with Crippen LogP contribution in [0.4, 0.5) is 5.82 Å². The van der Waals surface area contributed by atoms with Crippen LogP contribution in [0.2, 0.25) is 5.28 Å². The number of rotatable bonds is 3. The predicted octanol–water partition coefficient (Wildman–Crippen LogP) is 2.09. The lowest BCUT2D eigenvalue weighted by molar-refractivity contribution is 0.856. The average Bonchev–Trinajstić information content (AvgIpc) is 2.30. The Morgan fingerprint density at radius 3 is 2.75 bits per heavy atom. The molecule has 6 heteroatoms. The van der Waals surface area contributed by atoms with Crippen LogP contribution in [0.3, 0.4) is 0 Å². The summed E-state index contributed by atoms with van der Waals surface area (Å²) in [5.74, 6) is 0.601. The van der Waals surface area contributed by atoms with Crippen LogP contribution in [0.25, 0.3) is 0 Å². The largest absolute Gasteiger partial charge is 0.362 e. The van der Waals surface area contributed by atoms with Crippen LogP contribution < -0.4 is 5.32 Å². The van der Waals surface area contributed by atoms with Gasteiger partial charge in [0.15, 0.2) is 0 Å². The van der Waals surface area contributed by atoms with Gasteiger partial charge in [-0.2, -0.15) is 10.1 Å². The standard InChI is InChI=1S/C10H10ClN5/c1-7(8-2-4-12-5-3-8)14-9-6-13-16-10(11)15-9/h2-7H,1H3,(H,14,15,16). The monoisotopic (exact) mass is 235 g/mol. The normalized spacial score (nSPS) is 12.1. The zero-order chi connectivity index (χ0) is 11.4. The summed E-state index contributed by atoms with van der Waals surface area (Å²) in [6.07, 6.45) is 5.03. The molecule has 0 aromatic carbocycles. The van der Waals surface area contributed by atoms with Crippen LogP contribution in [-0.2, 0) is 0 Å². The van der Waals surface area contributed by atoms with Crippen LogP contribution in [0.1, 0.15) is 18.5 Å². The topological polar surface area (TPSA) is 63.6 Å². The van der Waals surface area contributed by atoms with Gasteiger partial charge in [0.1, 0.15) is 5.82 Å². The molecule has 5 nitrogen and oxygen atoms in total. The molecular weight excluding hydrogens is 226 g/mol. The molecule has 2 rings (SSSR count). The Bertz CT molecular complexity index is 462. The maximum atomic E-state index is 5.64. The minimum absolute atomic E-state index is 0.107. The second kappa shape index (κ2) is 4.85. The number of aromatic nitrogens is 4. The van der Waals surface area contributed by atoms with E-state index in [9.17, 15) is 0 Å². The number of pyridine rings is 1. The van der Waals surface area contributed by atoms with Crippen molar-refractivity contribution in [2.45, 2.75) is 13.0 Å². The number of nitrogens with one attached hydrogen (secondary N) is 1. The Kier molecular flexibility index (Phi) is 3.26. The Labute approximate surface area is 97.9 Å². The first-order valence-electron chi connectivity index (χ1n) is 4.77. The van der Waals surface area contributed by atoms with Gasteiger partial charge in [-0.05, 0) is 36.2 Å². The maximum Gasteiger partial charge on any atom is 0.244 e. The fourth-order valence-electron chi connectivity index (χ4n) is 1.31. The molecule has 1 N–H and O–H groups in total. The van der Waals surface area contributed by atoms with Crippen molar-refractivity contribution in [1.29, 1.82) is 0 Å². The Hall–Kier alpha value is -1.75. The molecule has 0 saturated heterocycles. The lowest BCUT2D eigenvalue weighted by Crippen LogP contribution is -2.08. The number of nitrogens with zero attached hydrogens (tertiary/aromatic N) is 4. The van der Waals surface area contributed by atoms with Crippen molar-refractivity contribution in [3.05, 3.63) is 41.6 Å². The molecule has 2 aromatic rings. The summed E-state index contributed by atoms with van der Waals surface area (Å²) in [6, 6.07) is 3.98. The molecule has 0 aliphatic carbocycles. The summed E-state index contributed by atoms with van der Waals surface area (Å²) in [7, 11) is 0. The van der Waals surface area contributed by atoms with Crippen molar-refractivity contribution in [1.82, 2.24) is 20.2 Å². The number of hydrogen-bond acceptors (Lipinski definition) is 5. The van der Waals surface area contributed by atoms with E-state index in [4.69, 9.17) is 11.6 Å². The molecule has 0 radical (unpaired) electrons. The highest BCUT2D eigenvalue weighted by Gasteiger charge is 2.06. The molecule has 0 amide bonds. The Morgan fingerprint density at radius 1 is 1.31 bits per heavy atom. The van der Waals surface area contributed by atoms with E-state index in [0.717, 1.165) is 5.56 Å². The lowest BCUT2D eigenvalue weighted by Gasteiger charge is -2.13. The molecule has 0 aliphatic heterocycles. The van der Waals surface area contributed by atoms with Gasteiger partial charge >= 0.3 is 0 Å². The fourth-order valence-corrected chi connectivity index (χ4v) is 1.44. The van der Waals surface area contributed by atoms with E-state index in [1.54, 1.807) is 12.4 Å². The van der Waals surface area contributed by atoms with E-state index in [-0.39, 0.29) is 11.3 Å². The van der Waals surface area contributed by atoms with Crippen molar-refractivity contribution in [3.63, 3.8) is 0 Å². The van der Waals surface area contributed by atoms with Gasteiger partial charge in [-0.1, -0.05) is 0 Å². The van der Waals surface area contributed by atoms with Crippen molar-refractivity contribution < 1.29 is 0 Å². The molecule has 0 spiro atoms. The summed E-state index contributed by atoms with van der Waals surface area (Å²) >= 11 is 5.64. The van der Waals surface area contributed by atoms with E-state index in [1.165, 1.54) is 6.20 Å². The lowest BCUT2D eigenvalue weighted by atomic mass is 10.1. The summed E-state index contributed by atoms with van der Waals surface area (Å²) in [5.41, 5.74) is 1.12. The molecule has 16 heavy (non-hydrogen) atoms. The molecule has 1 atom stereocenters. The van der Waals surface area contributed by atoms with E-state index >= 15 is 0 Å². The highest BCUT2D eigenvalue weighted by Crippen LogP contribution is 2.16. The first kappa shape index (κ1) is 10.8. The van der Waals surface area contributed by atoms with Crippen molar-refractivity contribution in [3.8, 4) is 0 Å². The molecule has 0 bridgehead atoms. The summed E-state index contributed by atoms with van der Waals surface area (Å²) < 4.78 is 0. The molecule has 0 saturated carbocycles. The van der Waals surface area contributed by atoms with Gasteiger partial charge in [0.05, 0.1) is 12.2 Å². The third-order valence-corrected chi connectivity index (χ3v) is 2.26. The van der Waals surface area contributed by atoms with Crippen LogP contribution in [0.5, 0.6) is 0 Å². The molecule has 0 aliphatic rings. The second-order valence-electron chi connectivity index (χ2n) is 3.26. The Morgan fingerprint density at radius 2 is 2.06 bits per heavy atom. The molecular formula is C10H10ClN5. The zero-order valence-electron chi connectivity index (χ0n) is 8.63. The molecule has 82 valence electrons. The maximum absolute atomic E-state index is 5.64. The number of hydrogen-bond donors (Lipinski definition) is 1. The molecule has 1 unspecified atom stereocenters. The van der Waals surface area contributed by atoms with E-state index in [2.05, 4.69) is 25.5 Å². The third kappa shape index (κ3) is 2.64. The minimum Gasteiger partial charge on any atom is -0.362 e. The van der Waals surface area contributed by atoms with Gasteiger partial charge in [0.25, 0.3) is 0 Å². The molecule has 2 aromatic heterocycles. The Balaban J connectivity index is 2.11. The van der Waals surface area contributed by atoms with Gasteiger partial charge in [0, 0.05) is 12.4 Å². The van der Waals surface area contributed by atoms with E-state index < -0.39 is 0 Å². The van der Waals surface area contributed by atoms with Crippen LogP contribution >= 0.6 is 11.6 Å². The SMILES string of the molecule is CC(Nc1cnnc(Cl)n1)c1ccncc1.